The van der Waals surface area contributed by atoms with Crippen molar-refractivity contribution < 1.29 is 76.3 Å². The van der Waals surface area contributed by atoms with Gasteiger partial charge in [-0.05, 0) is 159 Å². The van der Waals surface area contributed by atoms with Gasteiger partial charge in [0.15, 0.2) is 0 Å². The fraction of sp³-hybridized carbons (Fsp3) is 0.552. The van der Waals surface area contributed by atoms with Crippen LogP contribution >= 0.6 is 11.3 Å². The predicted molar refractivity (Wildman–Crippen MR) is 286 cm³/mol. The van der Waals surface area contributed by atoms with Gasteiger partial charge in [-0.1, -0.05) is 36.6 Å². The molecule has 1 aromatic heterocycles. The lowest BCUT2D eigenvalue weighted by Gasteiger charge is -2.30. The third-order valence-electron chi connectivity index (χ3n) is 14.8. The molecular formula is C58H71N3O16S. The largest absolute Gasteiger partial charge is 0.465 e. The molecule has 0 amide bonds. The van der Waals surface area contributed by atoms with Crippen LogP contribution in [0.1, 0.15) is 134 Å². The summed E-state index contributed by atoms with van der Waals surface area (Å²) >= 11 is 1.42. The Bertz CT molecular complexity index is 2570. The van der Waals surface area contributed by atoms with Gasteiger partial charge in [0.05, 0.1) is 78.4 Å². The zero-order chi connectivity index (χ0) is 55.2. The number of nitrogens with zero attached hydrogens (tertiary/aromatic N) is 2. The van der Waals surface area contributed by atoms with Crippen LogP contribution in [-0.2, 0) is 66.8 Å². The van der Waals surface area contributed by atoms with Gasteiger partial charge in [0, 0.05) is 17.7 Å². The lowest BCUT2D eigenvalue weighted by Crippen LogP contribution is -2.33. The number of carbonyl (C=O) groups excluding carboxylic acids is 8. The van der Waals surface area contributed by atoms with Crippen molar-refractivity contribution in [2.75, 3.05) is 31.9 Å². The standard InChI is InChI=1S/C58H71N3O16S/c1-3-50(62)70-31-7-9-33-72-52(64)37-13-17-39(18-14-37)54(66)74-44-25-21-41(22-26-44)56(68)76-46-29-30-48(43(35-46)36-59-61-58-60-47-11-5-6-12-49(47)78-58)77-57(69)42-23-27-45(28-24-42)75-55(67)40-19-15-38(16-20-40)53(65)73-34-10-8-32-71-51(63)4-2/h3-6,11-12,29-30,35-42,44-45H,1-2,7-10,13-28,31-34H2,(H,60,61)/b59-36+/t37-,38-,39-,40-,41-,42-,44-,45-. The highest BCUT2D eigenvalue weighted by atomic mass is 32.1. The summed E-state index contributed by atoms with van der Waals surface area (Å²) in [7, 11) is 0. The van der Waals surface area contributed by atoms with Crippen LogP contribution < -0.4 is 14.9 Å². The van der Waals surface area contributed by atoms with Crippen molar-refractivity contribution in [3.63, 3.8) is 0 Å². The molecule has 4 saturated carbocycles. The fourth-order valence-electron chi connectivity index (χ4n) is 10.2. The third-order valence-corrected chi connectivity index (χ3v) is 15.8. The van der Waals surface area contributed by atoms with Crippen LogP contribution in [0.15, 0.2) is 72.9 Å². The molecule has 4 aliphatic carbocycles. The fourth-order valence-corrected chi connectivity index (χ4v) is 11.0. The number of nitrogens with one attached hydrogen (secondary N) is 1. The summed E-state index contributed by atoms with van der Waals surface area (Å²) in [6, 6.07) is 12.4. The number of ether oxygens (including phenoxy) is 8. The molecule has 4 aliphatic rings. The van der Waals surface area contributed by atoms with Crippen LogP contribution in [0.25, 0.3) is 10.2 Å². The van der Waals surface area contributed by atoms with Gasteiger partial charge in [0.25, 0.3) is 0 Å². The molecule has 19 nitrogen and oxygen atoms in total. The van der Waals surface area contributed by atoms with E-state index in [4.69, 9.17) is 37.9 Å². The highest BCUT2D eigenvalue weighted by Gasteiger charge is 2.37. The van der Waals surface area contributed by atoms with Gasteiger partial charge in [-0.25, -0.2) is 14.6 Å². The zero-order valence-corrected chi connectivity index (χ0v) is 44.9. The van der Waals surface area contributed by atoms with Crippen molar-refractivity contribution in [3.05, 3.63) is 73.3 Å². The number of para-hydroxylation sites is 1. The van der Waals surface area contributed by atoms with E-state index in [0.29, 0.717) is 139 Å². The van der Waals surface area contributed by atoms with E-state index in [1.807, 2.05) is 24.3 Å². The summed E-state index contributed by atoms with van der Waals surface area (Å²) in [6.07, 6.45) is 13.3. The maximum Gasteiger partial charge on any atom is 0.330 e. The highest BCUT2D eigenvalue weighted by Crippen LogP contribution is 2.36. The van der Waals surface area contributed by atoms with Crippen molar-refractivity contribution in [1.29, 1.82) is 0 Å². The second-order valence-corrected chi connectivity index (χ2v) is 21.3. The van der Waals surface area contributed by atoms with E-state index < -0.39 is 35.7 Å². The summed E-state index contributed by atoms with van der Waals surface area (Å²) < 4.78 is 45.4. The Hall–Kier alpha value is -6.96. The van der Waals surface area contributed by atoms with Gasteiger partial charge in [0.2, 0.25) is 5.13 Å². The second-order valence-electron chi connectivity index (χ2n) is 20.3. The molecule has 1 heterocycles. The second kappa shape index (κ2) is 30.3. The van der Waals surface area contributed by atoms with E-state index in [-0.39, 0.29) is 97.7 Å². The van der Waals surface area contributed by atoms with E-state index in [9.17, 15) is 38.4 Å². The molecule has 1 N–H and O–H groups in total. The normalized spacial score (nSPS) is 23.2. The van der Waals surface area contributed by atoms with Gasteiger partial charge in [-0.15, -0.1) is 0 Å². The Kier molecular flexibility index (Phi) is 22.8. The van der Waals surface area contributed by atoms with Crippen molar-refractivity contribution in [3.8, 4) is 11.5 Å². The van der Waals surface area contributed by atoms with E-state index in [1.54, 1.807) is 18.2 Å². The number of aromatic nitrogens is 1. The van der Waals surface area contributed by atoms with Crippen LogP contribution in [-0.4, -0.2) is 97.6 Å². The Morgan fingerprint density at radius 3 is 1.42 bits per heavy atom. The molecule has 0 radical (unpaired) electrons. The van der Waals surface area contributed by atoms with Crippen molar-refractivity contribution in [2.45, 2.75) is 141 Å². The molecule has 420 valence electrons. The van der Waals surface area contributed by atoms with Crippen LogP contribution in [0.2, 0.25) is 0 Å². The first-order valence-corrected chi connectivity index (χ1v) is 28.2. The predicted octanol–water partition coefficient (Wildman–Crippen LogP) is 9.48. The molecule has 78 heavy (non-hydrogen) atoms. The Morgan fingerprint density at radius 2 is 0.949 bits per heavy atom. The summed E-state index contributed by atoms with van der Waals surface area (Å²) in [5.41, 5.74) is 4.14. The van der Waals surface area contributed by atoms with Gasteiger partial charge < -0.3 is 37.9 Å². The molecule has 0 unspecified atom stereocenters. The minimum absolute atomic E-state index is 0.211. The van der Waals surface area contributed by atoms with Crippen LogP contribution in [0, 0.1) is 35.5 Å². The van der Waals surface area contributed by atoms with Crippen molar-refractivity contribution in [1.82, 2.24) is 4.98 Å². The van der Waals surface area contributed by atoms with Gasteiger partial charge >= 0.3 is 47.8 Å². The number of benzene rings is 2. The molecule has 3 aromatic rings. The molecule has 7 rings (SSSR count). The first-order valence-electron chi connectivity index (χ1n) is 27.4. The molecule has 0 aliphatic heterocycles. The summed E-state index contributed by atoms with van der Waals surface area (Å²) in [6.45, 7) is 7.63. The Morgan fingerprint density at radius 1 is 0.526 bits per heavy atom. The van der Waals surface area contributed by atoms with Gasteiger partial charge in [-0.3, -0.25) is 34.2 Å². The number of esters is 8. The van der Waals surface area contributed by atoms with Gasteiger partial charge in [-0.2, -0.15) is 5.10 Å². The van der Waals surface area contributed by atoms with Crippen molar-refractivity contribution in [2.24, 2.45) is 40.6 Å². The zero-order valence-electron chi connectivity index (χ0n) is 44.1. The van der Waals surface area contributed by atoms with E-state index in [2.05, 4.69) is 28.7 Å². The third kappa shape index (κ3) is 18.1. The number of anilines is 1. The molecule has 4 fully saturated rings. The minimum atomic E-state index is -0.490. The molecule has 0 bridgehead atoms. The number of rotatable bonds is 25. The Balaban J connectivity index is 0.839. The highest BCUT2D eigenvalue weighted by molar-refractivity contribution is 7.22. The topological polar surface area (TPSA) is 248 Å². The Labute approximate surface area is 458 Å². The van der Waals surface area contributed by atoms with Crippen LogP contribution in [0.3, 0.4) is 0 Å². The van der Waals surface area contributed by atoms with Gasteiger partial charge in [0.1, 0.15) is 23.7 Å². The number of fused-ring (bicyclic) bond motifs is 1. The number of thiazole rings is 1. The molecule has 0 atom stereocenters. The number of unbranched alkanes of at least 4 members (excludes halogenated alkanes) is 2. The SMILES string of the molecule is C=CC(=O)OCCCCOC(=O)[C@H]1CC[C@H](C(=O)O[C@H]2CC[C@H](C(=O)Oc3ccc(OC(=O)[C@H]4CC[C@H](OC(=O)[C@H]5CC[C@H](C(=O)OCCCCOC(=O)C=C)CC5)CC4)c(/C=N/Nc4nc5ccccc5s4)c3)CC2)CC1. The lowest BCUT2D eigenvalue weighted by atomic mass is 9.82. The maximum atomic E-state index is 13.7. The summed E-state index contributed by atoms with van der Waals surface area (Å²) in [5.74, 6) is -4.59. The molecule has 2 aromatic carbocycles. The minimum Gasteiger partial charge on any atom is -0.465 e. The average molecular weight is 1100 g/mol. The average Bonchev–Trinajstić information content (AvgIpc) is 3.91. The molecule has 0 spiro atoms. The number of hydrogen-bond donors (Lipinski definition) is 1. The van der Waals surface area contributed by atoms with E-state index in [1.165, 1.54) is 17.6 Å². The van der Waals surface area contributed by atoms with Crippen LogP contribution in [0.4, 0.5) is 5.13 Å². The quantitative estimate of drug-likeness (QED) is 0.0158. The number of hydrogen-bond acceptors (Lipinski definition) is 20. The molecule has 0 saturated heterocycles. The first kappa shape index (κ1) is 58.7. The maximum absolute atomic E-state index is 13.7. The number of hydrazone groups is 1. The van der Waals surface area contributed by atoms with E-state index >= 15 is 0 Å². The monoisotopic (exact) mass is 1100 g/mol. The first-order chi connectivity index (χ1) is 37.8. The lowest BCUT2D eigenvalue weighted by molar-refractivity contribution is -0.161. The molecular weight excluding hydrogens is 1030 g/mol. The summed E-state index contributed by atoms with van der Waals surface area (Å²) in [5, 5.41) is 4.95. The van der Waals surface area contributed by atoms with Crippen molar-refractivity contribution >= 4 is 80.7 Å². The van der Waals surface area contributed by atoms with Crippen LogP contribution in [0.5, 0.6) is 11.5 Å². The molecule has 20 heteroatoms. The number of carbonyl (C=O) groups is 8. The smallest absolute Gasteiger partial charge is 0.330 e. The summed E-state index contributed by atoms with van der Waals surface area (Å²) in [4.78, 5) is 106. The van der Waals surface area contributed by atoms with E-state index in [0.717, 1.165) is 22.4 Å².